The van der Waals surface area contributed by atoms with Crippen LogP contribution in [-0.2, 0) is 17.6 Å². The molecule has 2 amide bonds. The number of aromatic nitrogens is 3. The summed E-state index contributed by atoms with van der Waals surface area (Å²) in [7, 11) is 0. The number of hydrogen-bond acceptors (Lipinski definition) is 5. The third-order valence-corrected chi connectivity index (χ3v) is 8.91. The Bertz CT molecular complexity index is 1520. The molecule has 3 aromatic carbocycles. The minimum atomic E-state index is -0.0622. The summed E-state index contributed by atoms with van der Waals surface area (Å²) in [5, 5.41) is 9.72. The van der Waals surface area contributed by atoms with Crippen molar-refractivity contribution >= 4 is 23.6 Å². The van der Waals surface area contributed by atoms with Crippen LogP contribution in [0.1, 0.15) is 66.0 Å². The molecule has 7 nitrogen and oxygen atoms in total. The molecule has 2 heterocycles. The first-order chi connectivity index (χ1) is 20.9. The van der Waals surface area contributed by atoms with Crippen molar-refractivity contribution in [2.75, 3.05) is 25.4 Å². The molecule has 5 rings (SSSR count). The highest BCUT2D eigenvalue weighted by Crippen LogP contribution is 2.25. The molecular formula is C35H41N5O2S. The molecule has 0 saturated carbocycles. The van der Waals surface area contributed by atoms with Crippen molar-refractivity contribution < 1.29 is 9.59 Å². The third kappa shape index (κ3) is 7.73. The Morgan fingerprint density at radius 2 is 1.70 bits per heavy atom. The normalized spacial score (nSPS) is 15.1. The Balaban J connectivity index is 1.21. The summed E-state index contributed by atoms with van der Waals surface area (Å²) in [4.78, 5) is 30.4. The van der Waals surface area contributed by atoms with E-state index in [0.29, 0.717) is 36.8 Å². The first-order valence-corrected chi connectivity index (χ1v) is 16.3. The predicted octanol–water partition coefficient (Wildman–Crippen LogP) is 6.36. The van der Waals surface area contributed by atoms with Gasteiger partial charge < -0.3 is 9.80 Å². The Labute approximate surface area is 259 Å². The number of carbonyl (C=O) groups is 2. The maximum atomic E-state index is 13.4. The van der Waals surface area contributed by atoms with Crippen LogP contribution in [-0.4, -0.2) is 67.8 Å². The summed E-state index contributed by atoms with van der Waals surface area (Å²) in [6.07, 6.45) is 5.29. The minimum absolute atomic E-state index is 0.0336. The topological polar surface area (TPSA) is 71.3 Å². The zero-order valence-electron chi connectivity index (χ0n) is 25.4. The summed E-state index contributed by atoms with van der Waals surface area (Å²) in [6, 6.07) is 26.5. The lowest BCUT2D eigenvalue weighted by atomic mass is 10.0. The highest BCUT2D eigenvalue weighted by Gasteiger charge is 2.30. The van der Waals surface area contributed by atoms with Crippen molar-refractivity contribution in [2.24, 2.45) is 0 Å². The summed E-state index contributed by atoms with van der Waals surface area (Å²) in [6.45, 7) is 7.86. The first kappa shape index (κ1) is 30.5. The molecule has 0 bridgehead atoms. The van der Waals surface area contributed by atoms with E-state index in [-0.39, 0.29) is 23.6 Å². The molecule has 43 heavy (non-hydrogen) atoms. The minimum Gasteiger partial charge on any atom is -0.338 e. The molecule has 1 aliphatic heterocycles. The second-order valence-corrected chi connectivity index (χ2v) is 12.3. The Morgan fingerprint density at radius 1 is 0.907 bits per heavy atom. The Morgan fingerprint density at radius 3 is 2.42 bits per heavy atom. The van der Waals surface area contributed by atoms with Gasteiger partial charge in [0, 0.05) is 43.3 Å². The van der Waals surface area contributed by atoms with E-state index in [1.807, 2.05) is 53.1 Å². The second-order valence-electron chi connectivity index (χ2n) is 11.4. The lowest BCUT2D eigenvalue weighted by Gasteiger charge is -2.40. The Hall–Kier alpha value is -3.91. The summed E-state index contributed by atoms with van der Waals surface area (Å²) >= 11 is 1.41. The van der Waals surface area contributed by atoms with E-state index in [0.717, 1.165) is 29.1 Å². The van der Waals surface area contributed by atoms with Crippen LogP contribution in [0.3, 0.4) is 0 Å². The van der Waals surface area contributed by atoms with Gasteiger partial charge in [-0.2, -0.15) is 0 Å². The molecule has 0 aliphatic carbocycles. The summed E-state index contributed by atoms with van der Waals surface area (Å²) in [5.41, 5.74) is 5.27. The van der Waals surface area contributed by atoms with Crippen LogP contribution in [0, 0.1) is 6.92 Å². The monoisotopic (exact) mass is 595 g/mol. The highest BCUT2D eigenvalue weighted by molar-refractivity contribution is 7.99. The molecule has 0 N–H and O–H groups in total. The average Bonchev–Trinajstić information content (AvgIpc) is 3.42. The quantitative estimate of drug-likeness (QED) is 0.149. The van der Waals surface area contributed by atoms with Gasteiger partial charge in [0.25, 0.3) is 5.91 Å². The third-order valence-electron chi connectivity index (χ3n) is 8.00. The van der Waals surface area contributed by atoms with E-state index in [2.05, 4.69) is 71.1 Å². The molecule has 224 valence electrons. The van der Waals surface area contributed by atoms with Crippen molar-refractivity contribution in [3.8, 4) is 5.69 Å². The number of nitrogens with zero attached hydrogens (tertiary/aromatic N) is 5. The number of piperazine rings is 1. The predicted molar refractivity (Wildman–Crippen MR) is 173 cm³/mol. The smallest absolute Gasteiger partial charge is 0.254 e. The van der Waals surface area contributed by atoms with E-state index in [1.54, 1.807) is 0 Å². The largest absolute Gasteiger partial charge is 0.338 e. The fourth-order valence-electron chi connectivity index (χ4n) is 5.58. The molecule has 8 heteroatoms. The van der Waals surface area contributed by atoms with Gasteiger partial charge >= 0.3 is 0 Å². The number of carbonyl (C=O) groups excluding carboxylic acids is 2. The highest BCUT2D eigenvalue weighted by atomic mass is 32.2. The van der Waals surface area contributed by atoms with Gasteiger partial charge in [0.2, 0.25) is 5.91 Å². The molecule has 1 atom stereocenters. The zero-order valence-corrected chi connectivity index (χ0v) is 26.2. The molecule has 1 unspecified atom stereocenters. The standard InChI is InChI=1S/C35H41N5O2S/c1-4-5-7-12-28-16-18-30(19-17-28)34(42)39-21-20-38(24-27(39)3)33(41)25-43-35-37-36-32(23-29-13-8-6-9-14-29)40(35)31-15-10-11-26(2)22-31/h6,8-11,13-19,22,27H,4-5,7,12,20-21,23-25H2,1-3H3. The van der Waals surface area contributed by atoms with Gasteiger partial charge in [-0.05, 0) is 67.6 Å². The van der Waals surface area contributed by atoms with Crippen molar-refractivity contribution in [3.05, 3.63) is 107 Å². The van der Waals surface area contributed by atoms with Crippen LogP contribution in [0.25, 0.3) is 5.69 Å². The summed E-state index contributed by atoms with van der Waals surface area (Å²) < 4.78 is 2.06. The van der Waals surface area contributed by atoms with E-state index in [4.69, 9.17) is 0 Å². The number of rotatable bonds is 11. The van der Waals surface area contributed by atoms with Crippen LogP contribution in [0.5, 0.6) is 0 Å². The van der Waals surface area contributed by atoms with E-state index < -0.39 is 0 Å². The van der Waals surface area contributed by atoms with Gasteiger partial charge in [0.05, 0.1) is 5.75 Å². The molecule has 4 aromatic rings. The van der Waals surface area contributed by atoms with Crippen molar-refractivity contribution in [1.29, 1.82) is 0 Å². The van der Waals surface area contributed by atoms with Gasteiger partial charge in [-0.25, -0.2) is 0 Å². The lowest BCUT2D eigenvalue weighted by molar-refractivity contribution is -0.130. The fourth-order valence-corrected chi connectivity index (χ4v) is 6.45. The second kappa shape index (κ2) is 14.5. The van der Waals surface area contributed by atoms with Crippen LogP contribution >= 0.6 is 11.8 Å². The van der Waals surface area contributed by atoms with Gasteiger partial charge in [-0.15, -0.1) is 10.2 Å². The Kier molecular flexibility index (Phi) is 10.3. The van der Waals surface area contributed by atoms with Gasteiger partial charge in [0.15, 0.2) is 5.16 Å². The molecule has 1 saturated heterocycles. The van der Waals surface area contributed by atoms with Gasteiger partial charge in [0.1, 0.15) is 5.82 Å². The SMILES string of the molecule is CCCCCc1ccc(C(=O)N2CCN(C(=O)CSc3nnc(Cc4ccccc4)n3-c3cccc(C)c3)CC2C)cc1. The van der Waals surface area contributed by atoms with E-state index >= 15 is 0 Å². The molecule has 1 aromatic heterocycles. The average molecular weight is 596 g/mol. The molecule has 1 aliphatic rings. The van der Waals surface area contributed by atoms with Crippen LogP contribution < -0.4 is 0 Å². The fraction of sp³-hybridized carbons (Fsp3) is 0.371. The lowest BCUT2D eigenvalue weighted by Crippen LogP contribution is -2.55. The van der Waals surface area contributed by atoms with Gasteiger partial charge in [-0.1, -0.05) is 86.1 Å². The summed E-state index contributed by atoms with van der Waals surface area (Å²) in [5.74, 6) is 1.17. The van der Waals surface area contributed by atoms with Crippen molar-refractivity contribution in [1.82, 2.24) is 24.6 Å². The van der Waals surface area contributed by atoms with E-state index in [9.17, 15) is 9.59 Å². The first-order valence-electron chi connectivity index (χ1n) is 15.3. The molecular weight excluding hydrogens is 554 g/mol. The number of amides is 2. The van der Waals surface area contributed by atoms with Crippen LogP contribution in [0.2, 0.25) is 0 Å². The maximum Gasteiger partial charge on any atom is 0.254 e. The number of unbranched alkanes of at least 4 members (excludes halogenated alkanes) is 2. The van der Waals surface area contributed by atoms with Crippen LogP contribution in [0.4, 0.5) is 0 Å². The number of benzene rings is 3. The number of thioether (sulfide) groups is 1. The number of aryl methyl sites for hydroxylation is 2. The molecule has 0 radical (unpaired) electrons. The van der Waals surface area contributed by atoms with Crippen molar-refractivity contribution in [3.63, 3.8) is 0 Å². The molecule has 1 fully saturated rings. The zero-order chi connectivity index (χ0) is 30.2. The van der Waals surface area contributed by atoms with Crippen molar-refractivity contribution in [2.45, 2.75) is 64.1 Å². The maximum absolute atomic E-state index is 13.4. The molecule has 0 spiro atoms. The van der Waals surface area contributed by atoms with Gasteiger partial charge in [-0.3, -0.25) is 14.2 Å². The van der Waals surface area contributed by atoms with E-state index in [1.165, 1.54) is 36.6 Å². The number of hydrogen-bond donors (Lipinski definition) is 0. The van der Waals surface area contributed by atoms with Crippen LogP contribution in [0.15, 0.2) is 84.0 Å².